The molecule has 0 amide bonds. The second kappa shape index (κ2) is 6.99. The first kappa shape index (κ1) is 17.0. The van der Waals surface area contributed by atoms with Crippen LogP contribution in [-0.4, -0.2) is 50.4 Å². The standard InChI is InChI=1S/C15H22ClN3O2S2/c1-19(9-13-4-5-14(16)22-13)15(18-12-2-3-12)17-8-11-6-7-23(20,21)10-11/h4-5,11-12H,2-3,6-10H2,1H3,(H,17,18). The Morgan fingerprint density at radius 1 is 1.43 bits per heavy atom. The molecular weight excluding hydrogens is 354 g/mol. The molecule has 128 valence electrons. The molecule has 1 N–H and O–H groups in total. The van der Waals surface area contributed by atoms with Crippen LogP contribution in [0.4, 0.5) is 0 Å². The smallest absolute Gasteiger partial charge is 0.194 e. The molecule has 2 aliphatic rings. The lowest BCUT2D eigenvalue weighted by Crippen LogP contribution is -2.40. The first-order valence-electron chi connectivity index (χ1n) is 7.88. The maximum Gasteiger partial charge on any atom is 0.194 e. The maximum atomic E-state index is 11.6. The van der Waals surface area contributed by atoms with Gasteiger partial charge in [0.15, 0.2) is 15.8 Å². The molecule has 1 atom stereocenters. The fourth-order valence-electron chi connectivity index (χ4n) is 2.66. The third-order valence-corrected chi connectivity index (χ3v) is 7.17. The highest BCUT2D eigenvalue weighted by molar-refractivity contribution is 7.91. The Morgan fingerprint density at radius 2 is 2.22 bits per heavy atom. The molecular formula is C15H22ClN3O2S2. The summed E-state index contributed by atoms with van der Waals surface area (Å²) in [7, 11) is -0.829. The third-order valence-electron chi connectivity index (χ3n) is 4.12. The minimum Gasteiger partial charge on any atom is -0.354 e. The quantitative estimate of drug-likeness (QED) is 0.634. The highest BCUT2D eigenvalue weighted by Gasteiger charge is 2.28. The molecule has 1 unspecified atom stereocenters. The van der Waals surface area contributed by atoms with E-state index in [1.54, 1.807) is 11.3 Å². The van der Waals surface area contributed by atoms with Crippen molar-refractivity contribution in [2.45, 2.75) is 31.8 Å². The van der Waals surface area contributed by atoms with Gasteiger partial charge in [-0.2, -0.15) is 0 Å². The molecule has 0 bridgehead atoms. The van der Waals surface area contributed by atoms with E-state index >= 15 is 0 Å². The summed E-state index contributed by atoms with van der Waals surface area (Å²) < 4.78 is 23.9. The number of hydrogen-bond acceptors (Lipinski definition) is 4. The molecule has 23 heavy (non-hydrogen) atoms. The third kappa shape index (κ3) is 5.09. The molecule has 5 nitrogen and oxygen atoms in total. The van der Waals surface area contributed by atoms with E-state index < -0.39 is 9.84 Å². The number of guanidine groups is 1. The van der Waals surface area contributed by atoms with Gasteiger partial charge in [0.05, 0.1) is 22.4 Å². The van der Waals surface area contributed by atoms with Crippen LogP contribution in [0.3, 0.4) is 0 Å². The average molecular weight is 376 g/mol. The van der Waals surface area contributed by atoms with Crippen LogP contribution in [0, 0.1) is 5.92 Å². The van der Waals surface area contributed by atoms with Crippen molar-refractivity contribution in [1.29, 1.82) is 0 Å². The zero-order valence-electron chi connectivity index (χ0n) is 13.2. The van der Waals surface area contributed by atoms with Crippen LogP contribution in [0.5, 0.6) is 0 Å². The molecule has 0 radical (unpaired) electrons. The van der Waals surface area contributed by atoms with Gasteiger partial charge in [0.1, 0.15) is 0 Å². The molecule has 8 heteroatoms. The summed E-state index contributed by atoms with van der Waals surface area (Å²) >= 11 is 7.56. The summed E-state index contributed by atoms with van der Waals surface area (Å²) in [6, 6.07) is 4.45. The number of rotatable bonds is 5. The van der Waals surface area contributed by atoms with Crippen molar-refractivity contribution in [3.05, 3.63) is 21.3 Å². The van der Waals surface area contributed by atoms with Gasteiger partial charge in [-0.05, 0) is 37.3 Å². The minimum atomic E-state index is -2.84. The largest absolute Gasteiger partial charge is 0.354 e. The maximum absolute atomic E-state index is 11.6. The van der Waals surface area contributed by atoms with Gasteiger partial charge < -0.3 is 10.2 Å². The predicted molar refractivity (Wildman–Crippen MR) is 96.0 cm³/mol. The molecule has 1 saturated carbocycles. The van der Waals surface area contributed by atoms with E-state index in [2.05, 4.69) is 10.2 Å². The SMILES string of the molecule is CN(Cc1ccc(Cl)s1)C(=NCC1CCS(=O)(=O)C1)NC1CC1. The number of nitrogens with zero attached hydrogens (tertiary/aromatic N) is 2. The molecule has 1 aliphatic carbocycles. The molecule has 1 saturated heterocycles. The lowest BCUT2D eigenvalue weighted by Gasteiger charge is -2.22. The van der Waals surface area contributed by atoms with E-state index in [9.17, 15) is 8.42 Å². The van der Waals surface area contributed by atoms with Crippen LogP contribution in [0.2, 0.25) is 4.34 Å². The topological polar surface area (TPSA) is 61.8 Å². The fraction of sp³-hybridized carbons (Fsp3) is 0.667. The van der Waals surface area contributed by atoms with Gasteiger partial charge in [0.25, 0.3) is 0 Å². The van der Waals surface area contributed by atoms with E-state index in [0.717, 1.165) is 23.3 Å². The van der Waals surface area contributed by atoms with Crippen LogP contribution >= 0.6 is 22.9 Å². The van der Waals surface area contributed by atoms with Gasteiger partial charge in [-0.3, -0.25) is 4.99 Å². The lowest BCUT2D eigenvalue weighted by molar-refractivity contribution is 0.474. The second-order valence-electron chi connectivity index (χ2n) is 6.41. The Morgan fingerprint density at radius 3 is 2.78 bits per heavy atom. The average Bonchev–Trinajstić information content (AvgIpc) is 3.11. The Bertz CT molecular complexity index is 683. The van der Waals surface area contributed by atoms with Crippen molar-refractivity contribution in [1.82, 2.24) is 10.2 Å². The van der Waals surface area contributed by atoms with Crippen molar-refractivity contribution in [3.63, 3.8) is 0 Å². The number of thiophene rings is 1. The summed E-state index contributed by atoms with van der Waals surface area (Å²) in [6.07, 6.45) is 3.08. The molecule has 2 heterocycles. The molecule has 1 aliphatic heterocycles. The van der Waals surface area contributed by atoms with E-state index in [-0.39, 0.29) is 11.7 Å². The highest BCUT2D eigenvalue weighted by atomic mass is 35.5. The van der Waals surface area contributed by atoms with Crippen molar-refractivity contribution >= 4 is 38.7 Å². The Balaban J connectivity index is 1.62. The number of aliphatic imine (C=N–C) groups is 1. The summed E-state index contributed by atoms with van der Waals surface area (Å²) in [5, 5.41) is 3.46. The van der Waals surface area contributed by atoms with Crippen molar-refractivity contribution in [3.8, 4) is 0 Å². The fourth-order valence-corrected chi connectivity index (χ4v) is 5.65. The van der Waals surface area contributed by atoms with E-state index in [1.165, 1.54) is 17.7 Å². The van der Waals surface area contributed by atoms with Crippen LogP contribution in [-0.2, 0) is 16.4 Å². The highest BCUT2D eigenvalue weighted by Crippen LogP contribution is 2.24. The van der Waals surface area contributed by atoms with E-state index in [0.29, 0.717) is 18.3 Å². The van der Waals surface area contributed by atoms with Gasteiger partial charge in [0, 0.05) is 24.5 Å². The second-order valence-corrected chi connectivity index (χ2v) is 10.4. The summed E-state index contributed by atoms with van der Waals surface area (Å²) in [5.74, 6) is 1.60. The molecule has 0 spiro atoms. The van der Waals surface area contributed by atoms with E-state index in [1.807, 2.05) is 19.2 Å². The summed E-state index contributed by atoms with van der Waals surface area (Å²) in [6.45, 7) is 1.32. The minimum absolute atomic E-state index is 0.153. The van der Waals surface area contributed by atoms with Gasteiger partial charge in [0.2, 0.25) is 0 Å². The van der Waals surface area contributed by atoms with Gasteiger partial charge in [-0.1, -0.05) is 11.6 Å². The zero-order valence-corrected chi connectivity index (χ0v) is 15.6. The Hall–Kier alpha value is -0.790. The van der Waals surface area contributed by atoms with Crippen LogP contribution in [0.1, 0.15) is 24.1 Å². The number of nitrogens with one attached hydrogen (secondary N) is 1. The van der Waals surface area contributed by atoms with Gasteiger partial charge >= 0.3 is 0 Å². The van der Waals surface area contributed by atoms with Crippen LogP contribution in [0.25, 0.3) is 0 Å². The monoisotopic (exact) mass is 375 g/mol. The molecule has 1 aromatic rings. The Labute approximate surface area is 146 Å². The van der Waals surface area contributed by atoms with Crippen molar-refractivity contribution in [2.75, 3.05) is 25.1 Å². The normalized spacial score (nSPS) is 23.9. The molecule has 0 aromatic carbocycles. The first-order valence-corrected chi connectivity index (χ1v) is 10.9. The van der Waals surface area contributed by atoms with E-state index in [4.69, 9.17) is 16.6 Å². The molecule has 1 aromatic heterocycles. The number of sulfone groups is 1. The summed E-state index contributed by atoms with van der Waals surface area (Å²) in [5.41, 5.74) is 0. The number of hydrogen-bond donors (Lipinski definition) is 1. The zero-order chi connectivity index (χ0) is 16.4. The predicted octanol–water partition coefficient (Wildman–Crippen LogP) is 2.38. The Kier molecular flexibility index (Phi) is 5.18. The lowest BCUT2D eigenvalue weighted by atomic mass is 10.1. The van der Waals surface area contributed by atoms with Crippen LogP contribution in [0.15, 0.2) is 17.1 Å². The summed E-state index contributed by atoms with van der Waals surface area (Å²) in [4.78, 5) is 7.97. The van der Waals surface area contributed by atoms with Gasteiger partial charge in [-0.25, -0.2) is 8.42 Å². The molecule has 3 rings (SSSR count). The van der Waals surface area contributed by atoms with Crippen LogP contribution < -0.4 is 5.32 Å². The first-order chi connectivity index (χ1) is 10.9. The molecule has 2 fully saturated rings. The number of halogens is 1. The van der Waals surface area contributed by atoms with Crippen molar-refractivity contribution in [2.24, 2.45) is 10.9 Å². The van der Waals surface area contributed by atoms with Crippen molar-refractivity contribution < 1.29 is 8.42 Å². The van der Waals surface area contributed by atoms with Gasteiger partial charge in [-0.15, -0.1) is 11.3 Å².